The molecule has 1 unspecified atom stereocenters. The van der Waals surface area contributed by atoms with E-state index in [-0.39, 0.29) is 25.3 Å². The van der Waals surface area contributed by atoms with Gasteiger partial charge in [-0.3, -0.25) is 19.2 Å². The number of alkyl halides is 1. The van der Waals surface area contributed by atoms with Gasteiger partial charge in [-0.15, -0.1) is 0 Å². The first-order valence-electron chi connectivity index (χ1n) is 13.1. The molecule has 226 valence electrons. The van der Waals surface area contributed by atoms with Gasteiger partial charge in [0, 0.05) is 6.54 Å². The van der Waals surface area contributed by atoms with Crippen LogP contribution >= 0.6 is 0 Å². The Morgan fingerprint density at radius 3 is 2.23 bits per heavy atom. The van der Waals surface area contributed by atoms with Crippen molar-refractivity contribution in [3.63, 3.8) is 0 Å². The van der Waals surface area contributed by atoms with Crippen molar-refractivity contribution in [1.29, 1.82) is 0 Å². The van der Waals surface area contributed by atoms with E-state index in [1.165, 1.54) is 24.6 Å². The van der Waals surface area contributed by atoms with Crippen molar-refractivity contribution < 1.29 is 42.2 Å². The average molecular weight is 573 g/mol. The number of amides is 4. The van der Waals surface area contributed by atoms with Crippen molar-refractivity contribution in [3.05, 3.63) is 30.1 Å². The highest BCUT2D eigenvalue weighted by molar-refractivity contribution is 6.39. The second-order valence-electron chi connectivity index (χ2n) is 9.58. The van der Waals surface area contributed by atoms with Crippen LogP contribution in [0.3, 0.4) is 0 Å². The summed E-state index contributed by atoms with van der Waals surface area (Å²) in [5.41, 5.74) is -0.841. The van der Waals surface area contributed by atoms with E-state index in [0.29, 0.717) is 12.8 Å². The monoisotopic (exact) mass is 572 g/mol. The summed E-state index contributed by atoms with van der Waals surface area (Å²) in [6, 6.07) is 4.23. The molecule has 1 aromatic rings. The Balaban J connectivity index is 0.00000483. The number of Topliss-reactive ketones (excluding diaryl/α,β-unsaturated/α-hetero) is 1. The normalized spacial score (nSPS) is 11.3. The Morgan fingerprint density at radius 2 is 1.62 bits per heavy atom. The number of nitrogens with one attached hydrogen (secondary N) is 4. The van der Waals surface area contributed by atoms with Crippen LogP contribution < -0.4 is 21.3 Å². The number of ether oxygens (including phenoxy) is 2. The third kappa shape index (κ3) is 17.8. The number of alkyl carbamates (subject to hydrolysis) is 1. The quantitative estimate of drug-likeness (QED) is 0.198. The molecule has 0 saturated carbocycles. The van der Waals surface area contributed by atoms with Gasteiger partial charge in [0.1, 0.15) is 24.7 Å². The lowest BCUT2D eigenvalue weighted by atomic mass is 10.1. The number of carbonyl (C=O) groups excluding carboxylic acids is 5. The summed E-state index contributed by atoms with van der Waals surface area (Å²) in [5.74, 6) is -4.37. The molecule has 0 aliphatic heterocycles. The van der Waals surface area contributed by atoms with Crippen LogP contribution in [-0.4, -0.2) is 74.2 Å². The van der Waals surface area contributed by atoms with Crippen LogP contribution in [-0.2, 0) is 28.7 Å². The molecule has 0 fully saturated rings. The van der Waals surface area contributed by atoms with Crippen LogP contribution in [0.2, 0.25) is 0 Å². The van der Waals surface area contributed by atoms with Crippen molar-refractivity contribution in [3.8, 4) is 0 Å². The Kier molecular flexibility index (Phi) is 18.5. The van der Waals surface area contributed by atoms with E-state index in [9.17, 15) is 32.8 Å². The van der Waals surface area contributed by atoms with Gasteiger partial charge < -0.3 is 30.7 Å². The SMILES string of the molecule is CC(C)(C)OC(=O)NCCCCC(NC(=O)CNC(=O)C(=O)Nc1ccccc1F)C(=O)COCCF.CCC. The number of anilines is 1. The van der Waals surface area contributed by atoms with E-state index in [0.717, 1.165) is 6.07 Å². The molecule has 4 N–H and O–H groups in total. The smallest absolute Gasteiger partial charge is 0.407 e. The molecule has 0 aliphatic rings. The fourth-order valence-electron chi connectivity index (χ4n) is 2.85. The first-order chi connectivity index (χ1) is 18.8. The van der Waals surface area contributed by atoms with E-state index >= 15 is 0 Å². The zero-order chi connectivity index (χ0) is 30.6. The molecule has 4 amide bonds. The number of hydrogen-bond acceptors (Lipinski definition) is 7. The maximum atomic E-state index is 13.6. The third-order valence-corrected chi connectivity index (χ3v) is 4.52. The maximum absolute atomic E-state index is 13.6. The summed E-state index contributed by atoms with van der Waals surface area (Å²) in [4.78, 5) is 60.3. The Labute approximate surface area is 234 Å². The molecule has 1 rings (SSSR count). The Hall–Kier alpha value is -3.61. The van der Waals surface area contributed by atoms with E-state index in [1.54, 1.807) is 20.8 Å². The molecule has 0 aromatic heterocycles. The highest BCUT2D eigenvalue weighted by atomic mass is 19.1. The van der Waals surface area contributed by atoms with Gasteiger partial charge in [-0.05, 0) is 52.2 Å². The Bertz CT molecular complexity index is 955. The topological polar surface area (TPSA) is 152 Å². The van der Waals surface area contributed by atoms with Gasteiger partial charge in [-0.2, -0.15) is 0 Å². The van der Waals surface area contributed by atoms with Crippen LogP contribution in [0, 0.1) is 5.82 Å². The molecule has 40 heavy (non-hydrogen) atoms. The first kappa shape index (κ1) is 36.4. The van der Waals surface area contributed by atoms with Crippen LogP contribution in [0.4, 0.5) is 19.3 Å². The van der Waals surface area contributed by atoms with Gasteiger partial charge in [0.15, 0.2) is 5.78 Å². The van der Waals surface area contributed by atoms with Crippen molar-refractivity contribution >= 4 is 35.3 Å². The number of benzene rings is 1. The van der Waals surface area contributed by atoms with E-state index in [1.807, 2.05) is 0 Å². The highest BCUT2D eigenvalue weighted by Gasteiger charge is 2.22. The van der Waals surface area contributed by atoms with Crippen LogP contribution in [0.15, 0.2) is 24.3 Å². The van der Waals surface area contributed by atoms with Crippen LogP contribution in [0.5, 0.6) is 0 Å². The van der Waals surface area contributed by atoms with Gasteiger partial charge in [0.2, 0.25) is 5.91 Å². The van der Waals surface area contributed by atoms with E-state index < -0.39 is 66.9 Å². The van der Waals surface area contributed by atoms with Crippen molar-refractivity contribution in [2.45, 2.75) is 71.9 Å². The van der Waals surface area contributed by atoms with Gasteiger partial charge in [0.05, 0.1) is 24.9 Å². The zero-order valence-corrected chi connectivity index (χ0v) is 23.9. The molecule has 0 saturated heterocycles. The number of para-hydroxylation sites is 1. The summed E-state index contributed by atoms with van der Waals surface area (Å²) in [5, 5.41) is 9.20. The third-order valence-electron chi connectivity index (χ3n) is 4.52. The average Bonchev–Trinajstić information content (AvgIpc) is 2.87. The van der Waals surface area contributed by atoms with Crippen LogP contribution in [0.25, 0.3) is 0 Å². The second-order valence-corrected chi connectivity index (χ2v) is 9.58. The summed E-state index contributed by atoms with van der Waals surface area (Å²) in [6.45, 7) is 7.61. The fraction of sp³-hybridized carbons (Fsp3) is 0.593. The summed E-state index contributed by atoms with van der Waals surface area (Å²) >= 11 is 0. The molecule has 0 bridgehead atoms. The van der Waals surface area contributed by atoms with Crippen molar-refractivity contribution in [1.82, 2.24) is 16.0 Å². The minimum Gasteiger partial charge on any atom is -0.444 e. The number of carbonyl (C=O) groups is 5. The molecule has 11 nitrogen and oxygen atoms in total. The number of hydrogen-bond donors (Lipinski definition) is 4. The lowest BCUT2D eigenvalue weighted by Gasteiger charge is -2.20. The molecule has 0 heterocycles. The molecular formula is C27H42F2N4O7. The fourth-order valence-corrected chi connectivity index (χ4v) is 2.85. The number of halogens is 2. The van der Waals surface area contributed by atoms with Crippen molar-refractivity contribution in [2.75, 3.05) is 38.3 Å². The van der Waals surface area contributed by atoms with Gasteiger partial charge >= 0.3 is 17.9 Å². The Morgan fingerprint density at radius 1 is 0.975 bits per heavy atom. The minimum absolute atomic E-state index is 0.182. The molecular weight excluding hydrogens is 530 g/mol. The molecule has 13 heteroatoms. The van der Waals surface area contributed by atoms with E-state index in [4.69, 9.17) is 9.47 Å². The number of rotatable bonds is 14. The molecule has 0 aliphatic carbocycles. The number of unbranched alkanes of at least 4 members (excludes halogenated alkanes) is 1. The lowest BCUT2D eigenvalue weighted by molar-refractivity contribution is -0.137. The molecule has 0 spiro atoms. The van der Waals surface area contributed by atoms with Gasteiger partial charge in [-0.1, -0.05) is 32.4 Å². The number of ketones is 1. The lowest BCUT2D eigenvalue weighted by Crippen LogP contribution is -2.48. The maximum Gasteiger partial charge on any atom is 0.407 e. The highest BCUT2D eigenvalue weighted by Crippen LogP contribution is 2.12. The summed E-state index contributed by atoms with van der Waals surface area (Å²) < 4.78 is 35.9. The molecule has 1 aromatic carbocycles. The van der Waals surface area contributed by atoms with Crippen LogP contribution in [0.1, 0.15) is 60.3 Å². The second kappa shape index (κ2) is 20.3. The largest absolute Gasteiger partial charge is 0.444 e. The summed E-state index contributed by atoms with van der Waals surface area (Å²) in [6.07, 6.45) is 1.74. The van der Waals surface area contributed by atoms with Gasteiger partial charge in [0.25, 0.3) is 0 Å². The predicted molar refractivity (Wildman–Crippen MR) is 146 cm³/mol. The zero-order valence-electron chi connectivity index (χ0n) is 23.9. The van der Waals surface area contributed by atoms with Crippen molar-refractivity contribution in [2.24, 2.45) is 0 Å². The molecule has 0 radical (unpaired) electrons. The summed E-state index contributed by atoms with van der Waals surface area (Å²) in [7, 11) is 0. The first-order valence-corrected chi connectivity index (χ1v) is 13.1. The van der Waals surface area contributed by atoms with E-state index in [2.05, 4.69) is 35.1 Å². The minimum atomic E-state index is -1.18. The standard InChI is InChI=1S/C24H34F2N4O7.C3H8/c1-24(2,3)37-23(35)27-12-7-6-10-18(19(31)15-36-13-11-25)29-20(32)14-28-21(33)22(34)30-17-9-5-4-8-16(17)26;1-3-2/h4-5,8-9,18H,6-7,10-15H2,1-3H3,(H,27,35)(H,28,33)(H,29,32)(H,30,34);3H2,1-2H3. The molecule has 1 atom stereocenters. The van der Waals surface area contributed by atoms with Gasteiger partial charge in [-0.25, -0.2) is 13.6 Å². The predicted octanol–water partition coefficient (Wildman–Crippen LogP) is 3.03.